The van der Waals surface area contributed by atoms with Crippen molar-refractivity contribution >= 4 is 21.6 Å². The number of benzene rings is 1. The fourth-order valence-corrected chi connectivity index (χ4v) is 4.42. The highest BCUT2D eigenvalue weighted by Gasteiger charge is 2.31. The number of hydrogen-bond acceptors (Lipinski definition) is 3. The molecule has 0 unspecified atom stereocenters. The molecule has 24 heavy (non-hydrogen) atoms. The fourth-order valence-electron chi connectivity index (χ4n) is 2.64. The molecule has 2 rings (SSSR count). The lowest BCUT2D eigenvalue weighted by molar-refractivity contribution is -0.137. The summed E-state index contributed by atoms with van der Waals surface area (Å²) in [5, 5.41) is 0. The molecular formula is C15H20ClF3N2O2S. The summed E-state index contributed by atoms with van der Waals surface area (Å²) in [5.74, 6) is 0.332. The summed E-state index contributed by atoms with van der Waals surface area (Å²) in [6.45, 7) is 2.07. The molecule has 1 heterocycles. The number of rotatable bonds is 6. The molecule has 0 atom stereocenters. The Morgan fingerprint density at radius 3 is 2.38 bits per heavy atom. The molecular weight excluding hydrogens is 365 g/mol. The second-order valence-corrected chi connectivity index (χ2v) is 8.20. The number of halogens is 4. The van der Waals surface area contributed by atoms with E-state index in [1.54, 1.807) is 6.07 Å². The van der Waals surface area contributed by atoms with Gasteiger partial charge in [-0.1, -0.05) is 18.2 Å². The molecule has 0 aliphatic carbocycles. The average Bonchev–Trinajstić information content (AvgIpc) is 2.53. The highest BCUT2D eigenvalue weighted by molar-refractivity contribution is 7.89. The maximum Gasteiger partial charge on any atom is 0.416 e. The van der Waals surface area contributed by atoms with Crippen LogP contribution >= 0.6 is 11.6 Å². The Kier molecular flexibility index (Phi) is 6.52. The Labute approximate surface area is 145 Å². The number of alkyl halides is 4. The molecule has 0 aromatic heterocycles. The molecule has 0 bridgehead atoms. The molecule has 0 N–H and O–H groups in total. The van der Waals surface area contributed by atoms with Crippen molar-refractivity contribution in [3.63, 3.8) is 0 Å². The first-order chi connectivity index (χ1) is 11.2. The van der Waals surface area contributed by atoms with Gasteiger partial charge in [-0.25, -0.2) is 8.42 Å². The molecule has 0 amide bonds. The van der Waals surface area contributed by atoms with Gasteiger partial charge in [0.15, 0.2) is 0 Å². The van der Waals surface area contributed by atoms with Crippen LogP contribution in [0.15, 0.2) is 24.3 Å². The Bertz CT molecular complexity index is 644. The highest BCUT2D eigenvalue weighted by atomic mass is 35.5. The van der Waals surface area contributed by atoms with Gasteiger partial charge in [0.2, 0.25) is 10.0 Å². The summed E-state index contributed by atoms with van der Waals surface area (Å²) < 4.78 is 63.8. The van der Waals surface area contributed by atoms with Crippen LogP contribution in [0.2, 0.25) is 0 Å². The third-order valence-electron chi connectivity index (χ3n) is 3.92. The largest absolute Gasteiger partial charge is 0.416 e. The first kappa shape index (κ1) is 19.5. The molecule has 1 saturated heterocycles. The van der Waals surface area contributed by atoms with Crippen molar-refractivity contribution in [3.05, 3.63) is 35.4 Å². The minimum absolute atomic E-state index is 0.0319. The van der Waals surface area contributed by atoms with E-state index in [-0.39, 0.29) is 5.75 Å². The van der Waals surface area contributed by atoms with E-state index < -0.39 is 21.8 Å². The normalized spacial score (nSPS) is 18.0. The van der Waals surface area contributed by atoms with Crippen LogP contribution in [0.5, 0.6) is 0 Å². The van der Waals surface area contributed by atoms with Crippen molar-refractivity contribution in [2.45, 2.75) is 19.1 Å². The topological polar surface area (TPSA) is 40.6 Å². The van der Waals surface area contributed by atoms with Gasteiger partial charge in [0.1, 0.15) is 0 Å². The molecule has 0 spiro atoms. The zero-order valence-electron chi connectivity index (χ0n) is 13.1. The van der Waals surface area contributed by atoms with Crippen molar-refractivity contribution in [3.8, 4) is 0 Å². The summed E-state index contributed by atoms with van der Waals surface area (Å²) in [7, 11) is -3.29. The SMILES string of the molecule is O=S(=O)(CCCCl)N1CCN(Cc2cccc(C(F)(F)F)c2)CC1. The van der Waals surface area contributed by atoms with Gasteiger partial charge in [-0.3, -0.25) is 4.90 Å². The van der Waals surface area contributed by atoms with Gasteiger partial charge in [0.25, 0.3) is 0 Å². The van der Waals surface area contributed by atoms with Crippen molar-refractivity contribution in [1.82, 2.24) is 9.21 Å². The van der Waals surface area contributed by atoms with Gasteiger partial charge < -0.3 is 0 Å². The zero-order chi connectivity index (χ0) is 17.8. The summed E-state index contributed by atoms with van der Waals surface area (Å²) in [5.41, 5.74) is -0.0921. The average molecular weight is 385 g/mol. The van der Waals surface area contributed by atoms with Crippen molar-refractivity contribution in [2.75, 3.05) is 37.8 Å². The van der Waals surface area contributed by atoms with Crippen LogP contribution in [0.4, 0.5) is 13.2 Å². The third kappa shape index (κ3) is 5.34. The molecule has 136 valence electrons. The summed E-state index contributed by atoms with van der Waals surface area (Å²) >= 11 is 5.53. The van der Waals surface area contributed by atoms with Gasteiger partial charge >= 0.3 is 6.18 Å². The molecule has 1 fully saturated rings. The van der Waals surface area contributed by atoms with Crippen LogP contribution < -0.4 is 0 Å². The Morgan fingerprint density at radius 1 is 1.12 bits per heavy atom. The van der Waals surface area contributed by atoms with Crippen LogP contribution in [0.25, 0.3) is 0 Å². The van der Waals surface area contributed by atoms with E-state index in [1.807, 2.05) is 4.90 Å². The minimum Gasteiger partial charge on any atom is -0.296 e. The second kappa shape index (κ2) is 8.03. The van der Waals surface area contributed by atoms with Crippen LogP contribution in [0.1, 0.15) is 17.5 Å². The van der Waals surface area contributed by atoms with E-state index in [9.17, 15) is 21.6 Å². The van der Waals surface area contributed by atoms with Crippen LogP contribution in [0.3, 0.4) is 0 Å². The molecule has 9 heteroatoms. The van der Waals surface area contributed by atoms with E-state index in [4.69, 9.17) is 11.6 Å². The van der Waals surface area contributed by atoms with Crippen LogP contribution in [0, 0.1) is 0 Å². The summed E-state index contributed by atoms with van der Waals surface area (Å²) in [6.07, 6.45) is -3.94. The van der Waals surface area contributed by atoms with Crippen LogP contribution in [-0.4, -0.2) is 55.4 Å². The number of sulfonamides is 1. The lowest BCUT2D eigenvalue weighted by atomic mass is 10.1. The van der Waals surface area contributed by atoms with Gasteiger partial charge in [-0.15, -0.1) is 11.6 Å². The molecule has 0 radical (unpaired) electrons. The van der Waals surface area contributed by atoms with Gasteiger partial charge in [0.05, 0.1) is 11.3 Å². The molecule has 0 saturated carbocycles. The lowest BCUT2D eigenvalue weighted by Crippen LogP contribution is -2.48. The van der Waals surface area contributed by atoms with E-state index in [0.717, 1.165) is 12.1 Å². The number of piperazine rings is 1. The van der Waals surface area contributed by atoms with E-state index >= 15 is 0 Å². The minimum atomic E-state index is -4.36. The monoisotopic (exact) mass is 384 g/mol. The smallest absolute Gasteiger partial charge is 0.296 e. The number of hydrogen-bond donors (Lipinski definition) is 0. The molecule has 4 nitrogen and oxygen atoms in total. The standard InChI is InChI=1S/C15H20ClF3N2O2S/c16-5-2-10-24(22,23)21-8-6-20(7-9-21)12-13-3-1-4-14(11-13)15(17,18)19/h1,3-4,11H,2,5-10,12H2. The molecule has 1 aromatic rings. The first-order valence-electron chi connectivity index (χ1n) is 7.64. The van der Waals surface area contributed by atoms with Gasteiger partial charge in [-0.2, -0.15) is 17.5 Å². The predicted molar refractivity (Wildman–Crippen MR) is 87.4 cm³/mol. The van der Waals surface area contributed by atoms with E-state index in [0.29, 0.717) is 50.6 Å². The molecule has 1 aromatic carbocycles. The summed E-state index contributed by atoms with van der Waals surface area (Å²) in [6, 6.07) is 5.23. The quantitative estimate of drug-likeness (QED) is 0.708. The Balaban J connectivity index is 1.92. The first-order valence-corrected chi connectivity index (χ1v) is 9.79. The van der Waals surface area contributed by atoms with E-state index in [1.165, 1.54) is 10.4 Å². The highest BCUT2D eigenvalue weighted by Crippen LogP contribution is 2.29. The fraction of sp³-hybridized carbons (Fsp3) is 0.600. The maximum absolute atomic E-state index is 12.7. The van der Waals surface area contributed by atoms with Crippen LogP contribution in [-0.2, 0) is 22.7 Å². The third-order valence-corrected chi connectivity index (χ3v) is 6.14. The lowest BCUT2D eigenvalue weighted by Gasteiger charge is -2.34. The van der Waals surface area contributed by atoms with Crippen molar-refractivity contribution in [2.24, 2.45) is 0 Å². The zero-order valence-corrected chi connectivity index (χ0v) is 14.7. The molecule has 1 aliphatic rings. The second-order valence-electron chi connectivity index (χ2n) is 5.73. The van der Waals surface area contributed by atoms with Gasteiger partial charge in [-0.05, 0) is 18.1 Å². The molecule has 1 aliphatic heterocycles. The maximum atomic E-state index is 12.7. The van der Waals surface area contributed by atoms with Crippen molar-refractivity contribution in [1.29, 1.82) is 0 Å². The Morgan fingerprint density at radius 2 is 1.79 bits per heavy atom. The van der Waals surface area contributed by atoms with E-state index in [2.05, 4.69) is 0 Å². The Hall–Kier alpha value is -0.830. The predicted octanol–water partition coefficient (Wildman–Crippen LogP) is 2.78. The summed E-state index contributed by atoms with van der Waals surface area (Å²) in [4.78, 5) is 1.96. The number of nitrogens with zero attached hydrogens (tertiary/aromatic N) is 2. The van der Waals surface area contributed by atoms with Gasteiger partial charge in [0, 0.05) is 38.6 Å². The van der Waals surface area contributed by atoms with Crippen molar-refractivity contribution < 1.29 is 21.6 Å².